The molecule has 0 atom stereocenters. The zero-order valence-electron chi connectivity index (χ0n) is 15.1. The number of amides is 1. The van der Waals surface area contributed by atoms with Gasteiger partial charge in [-0.05, 0) is 42.8 Å². The summed E-state index contributed by atoms with van der Waals surface area (Å²) in [5.41, 5.74) is 2.56. The van der Waals surface area contributed by atoms with Crippen molar-refractivity contribution in [3.05, 3.63) is 71.3 Å². The average Bonchev–Trinajstić information content (AvgIpc) is 2.95. The number of hydrogen-bond donors (Lipinski definition) is 0. The molecule has 0 aromatic heterocycles. The number of benzene rings is 2. The molecule has 0 saturated heterocycles. The molecule has 3 rings (SSSR count). The normalized spacial score (nSPS) is 15.1. The first-order chi connectivity index (χ1) is 13.0. The van der Waals surface area contributed by atoms with Crippen LogP contribution >= 0.6 is 11.6 Å². The molecule has 0 unspecified atom stereocenters. The van der Waals surface area contributed by atoms with Gasteiger partial charge in [-0.2, -0.15) is 10.1 Å². The summed E-state index contributed by atoms with van der Waals surface area (Å²) in [5, 5.41) is 6.15. The van der Waals surface area contributed by atoms with E-state index in [2.05, 4.69) is 11.7 Å². The van der Waals surface area contributed by atoms with Crippen LogP contribution < -0.4 is 14.5 Å². The second-order valence-corrected chi connectivity index (χ2v) is 6.24. The van der Waals surface area contributed by atoms with E-state index in [1.165, 1.54) is 12.1 Å². The Labute approximate surface area is 163 Å². The van der Waals surface area contributed by atoms with E-state index >= 15 is 0 Å². The number of rotatable bonds is 6. The fourth-order valence-electron chi connectivity index (χ4n) is 2.70. The molecule has 1 aliphatic heterocycles. The highest BCUT2D eigenvalue weighted by Gasteiger charge is 2.28. The largest absolute Gasteiger partial charge is 0.493 e. The molecular formula is C21H19ClN2O3. The van der Waals surface area contributed by atoms with Gasteiger partial charge in [0.25, 0.3) is 5.91 Å². The zero-order chi connectivity index (χ0) is 19.4. The number of hydrazone groups is 1. The zero-order valence-corrected chi connectivity index (χ0v) is 15.9. The molecule has 2 aromatic carbocycles. The van der Waals surface area contributed by atoms with Crippen molar-refractivity contribution in [1.29, 1.82) is 0 Å². The highest BCUT2D eigenvalue weighted by Crippen LogP contribution is 2.37. The van der Waals surface area contributed by atoms with E-state index < -0.39 is 0 Å². The van der Waals surface area contributed by atoms with Gasteiger partial charge in [-0.3, -0.25) is 4.79 Å². The van der Waals surface area contributed by atoms with Crippen molar-refractivity contribution < 1.29 is 14.3 Å². The third-order valence-electron chi connectivity index (χ3n) is 3.97. The summed E-state index contributed by atoms with van der Waals surface area (Å²) in [6.07, 6.45) is 3.37. The van der Waals surface area contributed by atoms with E-state index in [0.717, 1.165) is 5.56 Å². The minimum absolute atomic E-state index is 0.194. The lowest BCUT2D eigenvalue weighted by atomic mass is 10.1. The molecule has 138 valence electrons. The minimum atomic E-state index is -0.194. The summed E-state index contributed by atoms with van der Waals surface area (Å²) in [7, 11) is 1.54. The Hall–Kier alpha value is -3.05. The van der Waals surface area contributed by atoms with Crippen LogP contribution in [-0.2, 0) is 4.79 Å². The first-order valence-corrected chi connectivity index (χ1v) is 8.71. The van der Waals surface area contributed by atoms with Gasteiger partial charge in [-0.1, -0.05) is 42.5 Å². The van der Waals surface area contributed by atoms with Gasteiger partial charge >= 0.3 is 0 Å². The van der Waals surface area contributed by atoms with Gasteiger partial charge in [0.05, 0.1) is 29.1 Å². The van der Waals surface area contributed by atoms with Crippen LogP contribution in [0.15, 0.2) is 65.8 Å². The lowest BCUT2D eigenvalue weighted by molar-refractivity contribution is -0.114. The van der Waals surface area contributed by atoms with E-state index in [1.54, 1.807) is 31.2 Å². The number of hydrogen-bond acceptors (Lipinski definition) is 4. The maximum atomic E-state index is 12.8. The highest BCUT2D eigenvalue weighted by molar-refractivity contribution is 6.33. The van der Waals surface area contributed by atoms with E-state index in [1.807, 2.05) is 30.3 Å². The molecule has 0 saturated carbocycles. The Morgan fingerprint density at radius 1 is 1.26 bits per heavy atom. The topological polar surface area (TPSA) is 51.1 Å². The number of methoxy groups -OCH3 is 1. The molecule has 1 amide bonds. The number of carbonyl (C=O) groups excluding carboxylic acids is 1. The van der Waals surface area contributed by atoms with Crippen LogP contribution in [0.2, 0.25) is 5.02 Å². The lowest BCUT2D eigenvalue weighted by Crippen LogP contribution is -2.21. The fourth-order valence-corrected chi connectivity index (χ4v) is 2.97. The van der Waals surface area contributed by atoms with E-state index in [0.29, 0.717) is 40.1 Å². The summed E-state index contributed by atoms with van der Waals surface area (Å²) in [4.78, 5) is 12.8. The molecule has 1 heterocycles. The lowest BCUT2D eigenvalue weighted by Gasteiger charge is -2.13. The second kappa shape index (κ2) is 8.10. The van der Waals surface area contributed by atoms with Gasteiger partial charge in [-0.15, -0.1) is 0 Å². The van der Waals surface area contributed by atoms with Crippen molar-refractivity contribution in [3.63, 3.8) is 0 Å². The van der Waals surface area contributed by atoms with Gasteiger partial charge in [-0.25, -0.2) is 0 Å². The van der Waals surface area contributed by atoms with Gasteiger partial charge < -0.3 is 9.47 Å². The molecule has 6 heteroatoms. The summed E-state index contributed by atoms with van der Waals surface area (Å²) in [6, 6.07) is 12.8. The maximum Gasteiger partial charge on any atom is 0.280 e. The third kappa shape index (κ3) is 3.88. The first-order valence-electron chi connectivity index (χ1n) is 8.33. The van der Waals surface area contributed by atoms with Crippen LogP contribution in [0, 0.1) is 0 Å². The Morgan fingerprint density at radius 3 is 2.67 bits per heavy atom. The van der Waals surface area contributed by atoms with Crippen molar-refractivity contribution in [2.24, 2.45) is 5.10 Å². The van der Waals surface area contributed by atoms with Crippen molar-refractivity contribution in [2.45, 2.75) is 6.92 Å². The van der Waals surface area contributed by atoms with Crippen molar-refractivity contribution in [2.75, 3.05) is 18.7 Å². The van der Waals surface area contributed by atoms with Crippen LogP contribution in [0.4, 0.5) is 5.69 Å². The van der Waals surface area contributed by atoms with Crippen LogP contribution in [0.1, 0.15) is 12.5 Å². The van der Waals surface area contributed by atoms with E-state index in [9.17, 15) is 4.79 Å². The monoisotopic (exact) mass is 382 g/mol. The molecule has 27 heavy (non-hydrogen) atoms. The van der Waals surface area contributed by atoms with Gasteiger partial charge in [0, 0.05) is 0 Å². The molecule has 0 N–H and O–H groups in total. The molecule has 0 radical (unpaired) electrons. The van der Waals surface area contributed by atoms with Gasteiger partial charge in [0.15, 0.2) is 11.5 Å². The summed E-state index contributed by atoms with van der Waals surface area (Å²) >= 11 is 6.34. The molecule has 5 nitrogen and oxygen atoms in total. The molecule has 0 spiro atoms. The molecule has 0 aliphatic carbocycles. The van der Waals surface area contributed by atoms with Crippen LogP contribution in [-0.4, -0.2) is 25.3 Å². The standard InChI is InChI=1S/C21H19ClN2O3/c1-4-10-27-20-18(22)12-15(13-19(20)26-3)11-17-14(2)23-24(21(17)25)16-8-6-5-7-9-16/h4-9,11-13H,1,10H2,2-3H3/b17-11+. The number of nitrogens with zero attached hydrogens (tertiary/aromatic N) is 2. The summed E-state index contributed by atoms with van der Waals surface area (Å²) in [6.45, 7) is 5.73. The van der Waals surface area contributed by atoms with Crippen molar-refractivity contribution in [1.82, 2.24) is 0 Å². The van der Waals surface area contributed by atoms with E-state index in [-0.39, 0.29) is 5.91 Å². The summed E-state index contributed by atoms with van der Waals surface area (Å²) in [5.74, 6) is 0.729. The SMILES string of the molecule is C=CCOc1c(Cl)cc(/C=C2/C(=O)N(c3ccccc3)N=C2C)cc1OC. The number of carbonyl (C=O) groups is 1. The Kier molecular flexibility index (Phi) is 5.62. The quantitative estimate of drug-likeness (QED) is 0.536. The molecule has 2 aromatic rings. The average molecular weight is 383 g/mol. The number of anilines is 1. The second-order valence-electron chi connectivity index (χ2n) is 5.83. The van der Waals surface area contributed by atoms with Gasteiger partial charge in [0.1, 0.15) is 6.61 Å². The Balaban J connectivity index is 1.95. The van der Waals surface area contributed by atoms with Crippen molar-refractivity contribution in [3.8, 4) is 11.5 Å². The molecular weight excluding hydrogens is 364 g/mol. The van der Waals surface area contributed by atoms with Crippen molar-refractivity contribution >= 4 is 35.0 Å². The summed E-state index contributed by atoms with van der Waals surface area (Å²) < 4.78 is 10.9. The van der Waals surface area contributed by atoms with Crippen LogP contribution in [0.5, 0.6) is 11.5 Å². The first kappa shape index (κ1) is 18.7. The number of para-hydroxylation sites is 1. The highest BCUT2D eigenvalue weighted by atomic mass is 35.5. The minimum Gasteiger partial charge on any atom is -0.493 e. The predicted octanol–water partition coefficient (Wildman–Crippen LogP) is 4.72. The Bertz CT molecular complexity index is 936. The third-order valence-corrected chi connectivity index (χ3v) is 4.25. The fraction of sp³-hybridized carbons (Fsp3) is 0.143. The van der Waals surface area contributed by atoms with E-state index in [4.69, 9.17) is 21.1 Å². The van der Waals surface area contributed by atoms with Gasteiger partial charge in [0.2, 0.25) is 0 Å². The maximum absolute atomic E-state index is 12.8. The smallest absolute Gasteiger partial charge is 0.280 e. The molecule has 0 fully saturated rings. The number of halogens is 1. The predicted molar refractivity (Wildman–Crippen MR) is 109 cm³/mol. The molecule has 0 bridgehead atoms. The Morgan fingerprint density at radius 2 is 2.00 bits per heavy atom. The van der Waals surface area contributed by atoms with Crippen LogP contribution in [0.3, 0.4) is 0 Å². The van der Waals surface area contributed by atoms with Crippen LogP contribution in [0.25, 0.3) is 6.08 Å². The number of ether oxygens (including phenoxy) is 2. The molecule has 1 aliphatic rings.